The number of nitrogens with zero attached hydrogens (tertiary/aromatic N) is 3. The van der Waals surface area contributed by atoms with Gasteiger partial charge in [0.15, 0.2) is 5.58 Å². The van der Waals surface area contributed by atoms with E-state index in [9.17, 15) is 10.1 Å². The topological polar surface area (TPSA) is 82.1 Å². The lowest BCUT2D eigenvalue weighted by molar-refractivity contribution is -0.384. The van der Waals surface area contributed by atoms with E-state index < -0.39 is 4.92 Å². The van der Waals surface area contributed by atoms with Crippen LogP contribution in [0.15, 0.2) is 52.6 Å². The number of non-ortho nitro benzene ring substituents is 1. The van der Waals surface area contributed by atoms with Crippen LogP contribution in [-0.2, 0) is 0 Å². The molecule has 152 valence electrons. The zero-order chi connectivity index (χ0) is 21.7. The van der Waals surface area contributed by atoms with Crippen molar-refractivity contribution >= 4 is 16.8 Å². The molecule has 0 saturated carbocycles. The van der Waals surface area contributed by atoms with E-state index in [4.69, 9.17) is 4.42 Å². The number of aromatic nitrogens is 2. The Bertz CT molecular complexity index is 878. The van der Waals surface area contributed by atoms with E-state index >= 15 is 0 Å². The van der Waals surface area contributed by atoms with Gasteiger partial charge in [-0.25, -0.2) is 4.98 Å². The number of rotatable bonds is 2. The van der Waals surface area contributed by atoms with Crippen LogP contribution in [0.5, 0.6) is 0 Å². The van der Waals surface area contributed by atoms with Crippen LogP contribution in [0.1, 0.15) is 54.0 Å². The summed E-state index contributed by atoms with van der Waals surface area (Å²) in [7, 11) is 0. The minimum Gasteiger partial charge on any atom is -0.434 e. The first-order valence-corrected chi connectivity index (χ1v) is 9.48. The van der Waals surface area contributed by atoms with Gasteiger partial charge < -0.3 is 4.42 Å². The van der Waals surface area contributed by atoms with Gasteiger partial charge in [0.2, 0.25) is 5.89 Å². The van der Waals surface area contributed by atoms with E-state index in [1.807, 2.05) is 47.6 Å². The molecule has 3 aromatic rings. The summed E-state index contributed by atoms with van der Waals surface area (Å²) < 4.78 is 5.51. The van der Waals surface area contributed by atoms with Crippen molar-refractivity contribution in [3.63, 3.8) is 0 Å². The second-order valence-corrected chi connectivity index (χ2v) is 5.51. The monoisotopic (exact) mass is 385 g/mol. The van der Waals surface area contributed by atoms with Crippen molar-refractivity contribution in [2.75, 3.05) is 0 Å². The number of aryl methyl sites for hydroxylation is 1. The largest absolute Gasteiger partial charge is 0.434 e. The molecule has 0 amide bonds. The number of hydrogen-bond acceptors (Lipinski definition) is 5. The minimum atomic E-state index is -0.467. The molecular formula is C22H31N3O3. The molecular weight excluding hydrogens is 354 g/mol. The van der Waals surface area contributed by atoms with Crippen LogP contribution in [0.3, 0.4) is 0 Å². The fraction of sp³-hybridized carbons (Fsp3) is 0.364. The maximum absolute atomic E-state index is 10.7. The number of benzene rings is 1. The van der Waals surface area contributed by atoms with Gasteiger partial charge in [0.25, 0.3) is 5.69 Å². The molecule has 0 saturated heterocycles. The molecule has 1 aromatic carbocycles. The third-order valence-electron chi connectivity index (χ3n) is 3.29. The summed E-state index contributed by atoms with van der Waals surface area (Å²) in [5.41, 5.74) is 3.95. The first-order chi connectivity index (χ1) is 13.4. The normalized spacial score (nSPS) is 9.00. The number of nitro benzene ring substituents is 1. The van der Waals surface area contributed by atoms with Gasteiger partial charge in [-0.3, -0.25) is 15.1 Å². The van der Waals surface area contributed by atoms with Crippen LogP contribution in [0, 0.1) is 17.0 Å². The van der Waals surface area contributed by atoms with E-state index in [0.29, 0.717) is 22.7 Å². The summed E-state index contributed by atoms with van der Waals surface area (Å²) in [6, 6.07) is 8.03. The Morgan fingerprint density at radius 3 is 2.18 bits per heavy atom. The van der Waals surface area contributed by atoms with Crippen LogP contribution >= 0.6 is 0 Å². The SMILES string of the molecule is CC.CC.CC=C(C)C.Cc1ccc(-c2nc3ccc([N+](=O)[O-])cc3o2)nc1. The molecule has 0 radical (unpaired) electrons. The molecule has 0 atom stereocenters. The van der Waals surface area contributed by atoms with E-state index in [1.165, 1.54) is 17.7 Å². The van der Waals surface area contributed by atoms with Crippen LogP contribution in [0.4, 0.5) is 5.69 Å². The van der Waals surface area contributed by atoms with Gasteiger partial charge in [-0.05, 0) is 45.4 Å². The summed E-state index contributed by atoms with van der Waals surface area (Å²) in [6.07, 6.45) is 3.80. The van der Waals surface area contributed by atoms with Crippen molar-refractivity contribution in [1.29, 1.82) is 0 Å². The lowest BCUT2D eigenvalue weighted by atomic mass is 10.3. The zero-order valence-corrected chi connectivity index (χ0v) is 18.1. The van der Waals surface area contributed by atoms with Crippen molar-refractivity contribution in [3.05, 3.63) is 63.9 Å². The number of hydrogen-bond donors (Lipinski definition) is 0. The molecule has 2 aromatic heterocycles. The molecule has 6 nitrogen and oxygen atoms in total. The van der Waals surface area contributed by atoms with Gasteiger partial charge in [0.05, 0.1) is 11.0 Å². The highest BCUT2D eigenvalue weighted by Gasteiger charge is 2.13. The summed E-state index contributed by atoms with van der Waals surface area (Å²) in [6.45, 7) is 16.1. The molecule has 0 aliphatic heterocycles. The Morgan fingerprint density at radius 1 is 1.11 bits per heavy atom. The van der Waals surface area contributed by atoms with Crippen LogP contribution in [0.25, 0.3) is 22.7 Å². The molecule has 6 heteroatoms. The number of allylic oxidation sites excluding steroid dienone is 2. The van der Waals surface area contributed by atoms with Gasteiger partial charge in [-0.15, -0.1) is 0 Å². The fourth-order valence-electron chi connectivity index (χ4n) is 1.73. The smallest absolute Gasteiger partial charge is 0.273 e. The van der Waals surface area contributed by atoms with E-state index in [1.54, 1.807) is 18.3 Å². The second-order valence-electron chi connectivity index (χ2n) is 5.51. The lowest BCUT2D eigenvalue weighted by Crippen LogP contribution is -1.86. The summed E-state index contributed by atoms with van der Waals surface area (Å²) in [5, 5.41) is 10.7. The predicted molar refractivity (Wildman–Crippen MR) is 116 cm³/mol. The Labute approximate surface area is 167 Å². The van der Waals surface area contributed by atoms with Crippen LogP contribution < -0.4 is 0 Å². The van der Waals surface area contributed by atoms with E-state index in [2.05, 4.69) is 29.9 Å². The molecule has 0 spiro atoms. The van der Waals surface area contributed by atoms with Crippen molar-refractivity contribution in [2.45, 2.75) is 55.4 Å². The molecule has 0 N–H and O–H groups in total. The van der Waals surface area contributed by atoms with Crippen LogP contribution in [0.2, 0.25) is 0 Å². The Morgan fingerprint density at radius 2 is 1.71 bits per heavy atom. The molecule has 0 unspecified atom stereocenters. The summed E-state index contributed by atoms with van der Waals surface area (Å²) >= 11 is 0. The first-order valence-electron chi connectivity index (χ1n) is 9.48. The number of oxazole rings is 1. The van der Waals surface area contributed by atoms with Crippen molar-refractivity contribution in [2.24, 2.45) is 0 Å². The Hall–Kier alpha value is -3.02. The average Bonchev–Trinajstić information content (AvgIpc) is 3.15. The van der Waals surface area contributed by atoms with Gasteiger partial charge >= 0.3 is 0 Å². The third kappa shape index (κ3) is 7.70. The Balaban J connectivity index is 0.000000698. The average molecular weight is 386 g/mol. The van der Waals surface area contributed by atoms with Crippen molar-refractivity contribution < 1.29 is 9.34 Å². The molecule has 3 rings (SSSR count). The molecule has 0 fully saturated rings. The van der Waals surface area contributed by atoms with Crippen LogP contribution in [-0.4, -0.2) is 14.9 Å². The molecule has 0 aliphatic carbocycles. The second kappa shape index (κ2) is 13.2. The van der Waals surface area contributed by atoms with Gasteiger partial charge in [0.1, 0.15) is 11.2 Å². The highest BCUT2D eigenvalue weighted by Crippen LogP contribution is 2.25. The van der Waals surface area contributed by atoms with Gasteiger partial charge in [-0.1, -0.05) is 45.4 Å². The molecule has 2 heterocycles. The highest BCUT2D eigenvalue weighted by molar-refractivity contribution is 5.78. The molecule has 0 aliphatic rings. The third-order valence-corrected chi connectivity index (χ3v) is 3.29. The maximum atomic E-state index is 10.7. The standard InChI is InChI=1S/C13H9N3O3.C5H10.2C2H6/c1-8-2-4-11(14-7-8)13-15-10-5-3-9(16(17)18)6-12(10)19-13;1-4-5(2)3;2*1-2/h2-7H,1H3;4H,1-3H3;2*1-2H3. The lowest BCUT2D eigenvalue weighted by Gasteiger charge is -1.94. The number of nitro groups is 1. The summed E-state index contributed by atoms with van der Waals surface area (Å²) in [4.78, 5) is 18.7. The highest BCUT2D eigenvalue weighted by atomic mass is 16.6. The van der Waals surface area contributed by atoms with Gasteiger partial charge in [-0.2, -0.15) is 0 Å². The number of pyridine rings is 1. The fourth-order valence-corrected chi connectivity index (χ4v) is 1.73. The van der Waals surface area contributed by atoms with Crippen molar-refractivity contribution in [3.8, 4) is 11.6 Å². The number of fused-ring (bicyclic) bond motifs is 1. The molecule has 28 heavy (non-hydrogen) atoms. The first kappa shape index (κ1) is 25.0. The zero-order valence-electron chi connectivity index (χ0n) is 18.1. The summed E-state index contributed by atoms with van der Waals surface area (Å²) in [5.74, 6) is 0.357. The van der Waals surface area contributed by atoms with Gasteiger partial charge in [0, 0.05) is 12.3 Å². The van der Waals surface area contributed by atoms with E-state index in [0.717, 1.165) is 5.56 Å². The van der Waals surface area contributed by atoms with E-state index in [-0.39, 0.29) is 5.69 Å². The minimum absolute atomic E-state index is 0.0212. The maximum Gasteiger partial charge on any atom is 0.273 e. The quantitative estimate of drug-likeness (QED) is 0.266. The van der Waals surface area contributed by atoms with Crippen molar-refractivity contribution in [1.82, 2.24) is 9.97 Å². The predicted octanol–water partition coefficient (Wildman–Crippen LogP) is 7.13. The Kier molecular flexibility index (Phi) is 11.8. The molecule has 0 bridgehead atoms.